The molecule has 0 bridgehead atoms. The van der Waals surface area contributed by atoms with Gasteiger partial charge in [0.1, 0.15) is 17.5 Å². The minimum atomic E-state index is -0.694. The SMILES string of the molecule is C=Nc1c(OC2CN(C(=O)NC3CCC(OCC(C)(O)C4CC4)CC3)C2)cccc1SC. The number of benzene rings is 1. The van der Waals surface area contributed by atoms with Crippen molar-refractivity contribution in [3.05, 3.63) is 18.2 Å². The molecule has 4 rings (SSSR count). The lowest BCUT2D eigenvalue weighted by Gasteiger charge is -2.40. The maximum atomic E-state index is 12.6. The van der Waals surface area contributed by atoms with Crippen molar-refractivity contribution in [2.45, 2.75) is 74.2 Å². The summed E-state index contributed by atoms with van der Waals surface area (Å²) in [5.74, 6) is 1.12. The van der Waals surface area contributed by atoms with E-state index in [9.17, 15) is 9.90 Å². The Morgan fingerprint density at radius 2 is 1.97 bits per heavy atom. The first-order valence-electron chi connectivity index (χ1n) is 11.6. The second-order valence-electron chi connectivity index (χ2n) is 9.48. The molecule has 32 heavy (non-hydrogen) atoms. The van der Waals surface area contributed by atoms with Gasteiger partial charge in [0.2, 0.25) is 0 Å². The van der Waals surface area contributed by atoms with E-state index < -0.39 is 5.60 Å². The summed E-state index contributed by atoms with van der Waals surface area (Å²) in [5.41, 5.74) is 0.0703. The standard InChI is InChI=1S/C24H35N3O4S/c1-24(29,16-7-8-16)15-30-18-11-9-17(10-12-18)26-23(28)27-13-19(14-27)31-20-5-4-6-21(32-3)22(20)25-2/h4-6,16-19,29H,2,7-15H2,1,3H3,(H,26,28). The molecule has 0 radical (unpaired) electrons. The van der Waals surface area contributed by atoms with Crippen molar-refractivity contribution in [2.24, 2.45) is 10.9 Å². The van der Waals surface area contributed by atoms with Crippen molar-refractivity contribution >= 4 is 30.2 Å². The Bertz CT molecular complexity index is 815. The number of amides is 2. The van der Waals surface area contributed by atoms with E-state index in [4.69, 9.17) is 9.47 Å². The zero-order chi connectivity index (χ0) is 22.7. The van der Waals surface area contributed by atoms with Crippen molar-refractivity contribution in [1.82, 2.24) is 10.2 Å². The van der Waals surface area contributed by atoms with Crippen molar-refractivity contribution in [3.63, 3.8) is 0 Å². The number of carbonyl (C=O) groups excluding carboxylic acids is 1. The zero-order valence-electron chi connectivity index (χ0n) is 19.1. The Labute approximate surface area is 194 Å². The van der Waals surface area contributed by atoms with E-state index in [2.05, 4.69) is 17.0 Å². The van der Waals surface area contributed by atoms with Gasteiger partial charge in [0.05, 0.1) is 31.4 Å². The van der Waals surface area contributed by atoms with Gasteiger partial charge in [-0.3, -0.25) is 4.99 Å². The Balaban J connectivity index is 1.16. The van der Waals surface area contributed by atoms with E-state index in [1.54, 1.807) is 16.7 Å². The number of hydrogen-bond donors (Lipinski definition) is 2. The van der Waals surface area contributed by atoms with Gasteiger partial charge in [0, 0.05) is 10.9 Å². The Morgan fingerprint density at radius 1 is 1.25 bits per heavy atom. The van der Waals surface area contributed by atoms with Crippen LogP contribution >= 0.6 is 11.8 Å². The predicted molar refractivity (Wildman–Crippen MR) is 127 cm³/mol. The van der Waals surface area contributed by atoms with Gasteiger partial charge in [-0.15, -0.1) is 11.8 Å². The molecule has 2 aliphatic carbocycles. The van der Waals surface area contributed by atoms with E-state index in [1.807, 2.05) is 31.4 Å². The molecule has 3 fully saturated rings. The van der Waals surface area contributed by atoms with Crippen LogP contribution in [-0.4, -0.2) is 72.6 Å². The molecule has 2 saturated carbocycles. The predicted octanol–water partition coefficient (Wildman–Crippen LogP) is 4.00. The molecule has 1 heterocycles. The first-order chi connectivity index (χ1) is 15.4. The third-order valence-corrected chi connectivity index (χ3v) is 7.61. The highest BCUT2D eigenvalue weighted by Gasteiger charge is 2.41. The second kappa shape index (κ2) is 10.0. The molecule has 0 spiro atoms. The van der Waals surface area contributed by atoms with E-state index in [-0.39, 0.29) is 24.3 Å². The van der Waals surface area contributed by atoms with Gasteiger partial charge in [-0.25, -0.2) is 4.79 Å². The number of para-hydroxylation sites is 1. The Hall–Kier alpha value is -1.77. The van der Waals surface area contributed by atoms with Crippen LogP contribution in [0.25, 0.3) is 0 Å². The third kappa shape index (κ3) is 5.58. The Kier molecular flexibility index (Phi) is 7.32. The van der Waals surface area contributed by atoms with Crippen LogP contribution in [0.4, 0.5) is 10.5 Å². The second-order valence-corrected chi connectivity index (χ2v) is 10.3. The van der Waals surface area contributed by atoms with Crippen molar-refractivity contribution in [3.8, 4) is 5.75 Å². The molecule has 1 aromatic rings. The summed E-state index contributed by atoms with van der Waals surface area (Å²) in [6.45, 7) is 7.10. The van der Waals surface area contributed by atoms with Gasteiger partial charge in [-0.05, 0) is 76.5 Å². The van der Waals surface area contributed by atoms with E-state index >= 15 is 0 Å². The van der Waals surface area contributed by atoms with Crippen LogP contribution in [0.15, 0.2) is 28.1 Å². The molecule has 3 aliphatic rings. The summed E-state index contributed by atoms with van der Waals surface area (Å²) < 4.78 is 12.1. The molecular weight excluding hydrogens is 426 g/mol. The van der Waals surface area contributed by atoms with Crippen molar-refractivity contribution in [2.75, 3.05) is 26.0 Å². The number of nitrogens with one attached hydrogen (secondary N) is 1. The van der Waals surface area contributed by atoms with Crippen molar-refractivity contribution in [1.29, 1.82) is 0 Å². The lowest BCUT2D eigenvalue weighted by atomic mass is 9.92. The minimum Gasteiger partial charge on any atom is -0.484 e. The number of urea groups is 1. The molecule has 1 atom stereocenters. The molecule has 1 unspecified atom stereocenters. The van der Waals surface area contributed by atoms with Gasteiger partial charge in [0.25, 0.3) is 0 Å². The number of hydrogen-bond acceptors (Lipinski definition) is 6. The summed E-state index contributed by atoms with van der Waals surface area (Å²) >= 11 is 1.61. The Morgan fingerprint density at radius 3 is 2.59 bits per heavy atom. The lowest BCUT2D eigenvalue weighted by molar-refractivity contribution is -0.0835. The molecule has 176 valence electrons. The van der Waals surface area contributed by atoms with Crippen LogP contribution < -0.4 is 10.1 Å². The number of carbonyl (C=O) groups is 1. The van der Waals surface area contributed by atoms with Gasteiger partial charge in [-0.2, -0.15) is 0 Å². The van der Waals surface area contributed by atoms with E-state index in [0.717, 1.165) is 54.9 Å². The highest BCUT2D eigenvalue weighted by atomic mass is 32.2. The van der Waals surface area contributed by atoms with Gasteiger partial charge in [-0.1, -0.05) is 6.07 Å². The monoisotopic (exact) mass is 461 g/mol. The molecule has 1 aliphatic heterocycles. The maximum Gasteiger partial charge on any atom is 0.317 e. The molecule has 1 aromatic carbocycles. The van der Waals surface area contributed by atoms with Crippen LogP contribution in [0.5, 0.6) is 5.75 Å². The number of ether oxygens (including phenoxy) is 2. The quantitative estimate of drug-likeness (QED) is 0.429. The summed E-state index contributed by atoms with van der Waals surface area (Å²) in [6, 6.07) is 6.01. The van der Waals surface area contributed by atoms with E-state index in [0.29, 0.717) is 25.6 Å². The molecule has 1 saturated heterocycles. The van der Waals surface area contributed by atoms with Gasteiger partial charge >= 0.3 is 6.03 Å². The molecule has 2 N–H and O–H groups in total. The fourth-order valence-corrected chi connectivity index (χ4v) is 5.10. The molecule has 8 heteroatoms. The average molecular weight is 462 g/mol. The van der Waals surface area contributed by atoms with Gasteiger partial charge in [0.15, 0.2) is 0 Å². The van der Waals surface area contributed by atoms with Crippen LogP contribution in [-0.2, 0) is 4.74 Å². The minimum absolute atomic E-state index is 0.0224. The van der Waals surface area contributed by atoms with E-state index in [1.165, 1.54) is 0 Å². The van der Waals surface area contributed by atoms with Crippen LogP contribution in [0.2, 0.25) is 0 Å². The number of rotatable bonds is 9. The molecule has 0 aromatic heterocycles. The lowest BCUT2D eigenvalue weighted by Crippen LogP contribution is -2.60. The van der Waals surface area contributed by atoms with Crippen molar-refractivity contribution < 1.29 is 19.4 Å². The number of aliphatic hydroxyl groups is 1. The van der Waals surface area contributed by atoms with Crippen LogP contribution in [0, 0.1) is 5.92 Å². The third-order valence-electron chi connectivity index (χ3n) is 6.84. The fourth-order valence-electron chi connectivity index (χ4n) is 4.53. The largest absolute Gasteiger partial charge is 0.484 e. The zero-order valence-corrected chi connectivity index (χ0v) is 19.9. The summed E-state index contributed by atoms with van der Waals surface area (Å²) in [4.78, 5) is 19.5. The van der Waals surface area contributed by atoms with Gasteiger partial charge < -0.3 is 24.8 Å². The molecule has 2 amide bonds. The number of aliphatic imine (C=N–C) groups is 1. The smallest absolute Gasteiger partial charge is 0.317 e. The highest BCUT2D eigenvalue weighted by Crippen LogP contribution is 2.40. The molecule has 7 nitrogen and oxygen atoms in total. The first-order valence-corrected chi connectivity index (χ1v) is 12.8. The molecular formula is C24H35N3O4S. The fraction of sp³-hybridized carbons (Fsp3) is 0.667. The number of thioether (sulfide) groups is 1. The topological polar surface area (TPSA) is 83.4 Å². The van der Waals surface area contributed by atoms with Crippen LogP contribution in [0.1, 0.15) is 45.4 Å². The highest BCUT2D eigenvalue weighted by molar-refractivity contribution is 7.98. The van der Waals surface area contributed by atoms with Crippen LogP contribution in [0.3, 0.4) is 0 Å². The number of nitrogens with zero attached hydrogens (tertiary/aromatic N) is 2. The summed E-state index contributed by atoms with van der Waals surface area (Å²) in [5, 5.41) is 13.6. The normalized spacial score (nSPS) is 25.5. The summed E-state index contributed by atoms with van der Waals surface area (Å²) in [7, 11) is 0. The summed E-state index contributed by atoms with van der Waals surface area (Å²) in [6.07, 6.45) is 8.02. The average Bonchev–Trinajstić information content (AvgIpc) is 3.61. The maximum absolute atomic E-state index is 12.6. The first kappa shape index (κ1) is 23.4. The number of likely N-dealkylation sites (tertiary alicyclic amines) is 1.